The zero-order valence-electron chi connectivity index (χ0n) is 13.6. The number of hydrogen-bond donors (Lipinski definition) is 1. The van der Waals surface area contributed by atoms with Gasteiger partial charge in [0.05, 0.1) is 0 Å². The standard InChI is InChI=1S/C16H30N2S/c1-11(2)8-15(18(6)7)10-17-13(4)16-9-12(3)19-14(16)5/h9,11,13,15,17H,8,10H2,1-7H3. The lowest BCUT2D eigenvalue weighted by Gasteiger charge is -2.28. The van der Waals surface area contributed by atoms with Gasteiger partial charge in [-0.05, 0) is 58.8 Å². The fourth-order valence-electron chi connectivity index (χ4n) is 2.52. The van der Waals surface area contributed by atoms with Crippen molar-refractivity contribution in [2.24, 2.45) is 5.92 Å². The first-order valence-electron chi connectivity index (χ1n) is 7.28. The van der Waals surface area contributed by atoms with Gasteiger partial charge < -0.3 is 10.2 Å². The Morgan fingerprint density at radius 3 is 2.26 bits per heavy atom. The summed E-state index contributed by atoms with van der Waals surface area (Å²) in [7, 11) is 4.36. The molecule has 0 spiro atoms. The summed E-state index contributed by atoms with van der Waals surface area (Å²) in [6, 6.07) is 3.38. The van der Waals surface area contributed by atoms with Gasteiger partial charge in [0.25, 0.3) is 0 Å². The molecule has 0 bridgehead atoms. The number of rotatable bonds is 7. The molecular weight excluding hydrogens is 252 g/mol. The molecule has 1 heterocycles. The Hall–Kier alpha value is -0.380. The van der Waals surface area contributed by atoms with Crippen molar-refractivity contribution < 1.29 is 0 Å². The van der Waals surface area contributed by atoms with Crippen molar-refractivity contribution in [1.82, 2.24) is 10.2 Å². The summed E-state index contributed by atoms with van der Waals surface area (Å²) in [6.45, 7) is 12.3. The topological polar surface area (TPSA) is 15.3 Å². The van der Waals surface area contributed by atoms with E-state index in [0.29, 0.717) is 12.1 Å². The first kappa shape index (κ1) is 16.7. The molecule has 0 radical (unpaired) electrons. The van der Waals surface area contributed by atoms with Crippen LogP contribution in [0.1, 0.15) is 48.6 Å². The maximum atomic E-state index is 3.70. The van der Waals surface area contributed by atoms with Crippen LogP contribution < -0.4 is 5.32 Å². The molecular formula is C16H30N2S. The van der Waals surface area contributed by atoms with Crippen molar-refractivity contribution in [2.45, 2.75) is 53.1 Å². The Morgan fingerprint density at radius 2 is 1.84 bits per heavy atom. The molecule has 1 N–H and O–H groups in total. The van der Waals surface area contributed by atoms with E-state index in [1.807, 2.05) is 11.3 Å². The van der Waals surface area contributed by atoms with Crippen LogP contribution in [0.5, 0.6) is 0 Å². The lowest BCUT2D eigenvalue weighted by molar-refractivity contribution is 0.242. The summed E-state index contributed by atoms with van der Waals surface area (Å²) in [5.41, 5.74) is 1.46. The highest BCUT2D eigenvalue weighted by Gasteiger charge is 2.16. The van der Waals surface area contributed by atoms with Crippen LogP contribution in [-0.2, 0) is 0 Å². The SMILES string of the molecule is Cc1cc(C(C)NCC(CC(C)C)N(C)C)c(C)s1. The monoisotopic (exact) mass is 282 g/mol. The molecule has 0 saturated heterocycles. The van der Waals surface area contributed by atoms with Gasteiger partial charge in [-0.3, -0.25) is 0 Å². The fourth-order valence-corrected chi connectivity index (χ4v) is 3.55. The number of likely N-dealkylation sites (N-methyl/N-ethyl adjacent to an activating group) is 1. The van der Waals surface area contributed by atoms with E-state index in [1.165, 1.54) is 21.7 Å². The average Bonchev–Trinajstić information content (AvgIpc) is 2.62. The maximum absolute atomic E-state index is 3.70. The van der Waals surface area contributed by atoms with Crippen LogP contribution in [0.4, 0.5) is 0 Å². The molecule has 0 amide bonds. The molecule has 2 atom stereocenters. The molecule has 1 aromatic heterocycles. The minimum absolute atomic E-state index is 0.444. The summed E-state index contributed by atoms with van der Waals surface area (Å²) in [5.74, 6) is 0.745. The predicted molar refractivity (Wildman–Crippen MR) is 87.1 cm³/mol. The van der Waals surface area contributed by atoms with Gasteiger partial charge in [0, 0.05) is 28.4 Å². The van der Waals surface area contributed by atoms with Gasteiger partial charge in [-0.2, -0.15) is 0 Å². The Labute approximate surface area is 123 Å². The van der Waals surface area contributed by atoms with Crippen LogP contribution in [0.2, 0.25) is 0 Å². The first-order chi connectivity index (χ1) is 8.81. The Balaban J connectivity index is 2.56. The van der Waals surface area contributed by atoms with Gasteiger partial charge in [0.15, 0.2) is 0 Å². The van der Waals surface area contributed by atoms with Crippen molar-refractivity contribution >= 4 is 11.3 Å². The van der Waals surface area contributed by atoms with Crippen LogP contribution in [0, 0.1) is 19.8 Å². The number of nitrogens with zero attached hydrogens (tertiary/aromatic N) is 1. The number of nitrogens with one attached hydrogen (secondary N) is 1. The second kappa shape index (κ2) is 7.41. The van der Waals surface area contributed by atoms with Crippen LogP contribution >= 0.6 is 11.3 Å². The van der Waals surface area contributed by atoms with E-state index in [9.17, 15) is 0 Å². The molecule has 0 aliphatic rings. The van der Waals surface area contributed by atoms with Crippen LogP contribution in [0.25, 0.3) is 0 Å². The largest absolute Gasteiger partial charge is 0.309 e. The minimum Gasteiger partial charge on any atom is -0.309 e. The molecule has 2 nitrogen and oxygen atoms in total. The Bertz CT molecular complexity index is 382. The van der Waals surface area contributed by atoms with Crippen LogP contribution in [0.15, 0.2) is 6.07 Å². The molecule has 3 heteroatoms. The summed E-state index contributed by atoms with van der Waals surface area (Å²) in [4.78, 5) is 5.20. The lowest BCUT2D eigenvalue weighted by atomic mass is 10.0. The van der Waals surface area contributed by atoms with E-state index < -0.39 is 0 Å². The van der Waals surface area contributed by atoms with Gasteiger partial charge in [-0.15, -0.1) is 11.3 Å². The minimum atomic E-state index is 0.444. The van der Waals surface area contributed by atoms with Gasteiger partial charge in [0.1, 0.15) is 0 Å². The zero-order chi connectivity index (χ0) is 14.6. The van der Waals surface area contributed by atoms with E-state index in [4.69, 9.17) is 0 Å². The van der Waals surface area contributed by atoms with Gasteiger partial charge in [-0.1, -0.05) is 13.8 Å². The maximum Gasteiger partial charge on any atom is 0.0303 e. The summed E-state index contributed by atoms with van der Waals surface area (Å²) in [5, 5.41) is 3.70. The fraction of sp³-hybridized carbons (Fsp3) is 0.750. The molecule has 1 rings (SSSR count). The highest BCUT2D eigenvalue weighted by atomic mass is 32.1. The molecule has 0 aliphatic carbocycles. The van der Waals surface area contributed by atoms with Gasteiger partial charge >= 0.3 is 0 Å². The normalized spacial score (nSPS) is 15.2. The van der Waals surface area contributed by atoms with Crippen molar-refractivity contribution in [2.75, 3.05) is 20.6 Å². The molecule has 1 aromatic rings. The second-order valence-electron chi connectivity index (χ2n) is 6.25. The first-order valence-corrected chi connectivity index (χ1v) is 8.09. The molecule has 0 fully saturated rings. The Morgan fingerprint density at radius 1 is 1.21 bits per heavy atom. The second-order valence-corrected chi connectivity index (χ2v) is 7.71. The molecule has 19 heavy (non-hydrogen) atoms. The number of thiophene rings is 1. The van der Waals surface area contributed by atoms with E-state index >= 15 is 0 Å². The van der Waals surface area contributed by atoms with E-state index in [2.05, 4.69) is 65.0 Å². The average molecular weight is 282 g/mol. The van der Waals surface area contributed by atoms with Gasteiger partial charge in [-0.25, -0.2) is 0 Å². The third kappa shape index (κ3) is 5.25. The highest BCUT2D eigenvalue weighted by molar-refractivity contribution is 7.12. The van der Waals surface area contributed by atoms with E-state index in [1.54, 1.807) is 0 Å². The van der Waals surface area contributed by atoms with Crippen molar-refractivity contribution in [3.05, 3.63) is 21.4 Å². The van der Waals surface area contributed by atoms with Crippen molar-refractivity contribution in [1.29, 1.82) is 0 Å². The van der Waals surface area contributed by atoms with Crippen molar-refractivity contribution in [3.8, 4) is 0 Å². The lowest BCUT2D eigenvalue weighted by Crippen LogP contribution is -2.39. The highest BCUT2D eigenvalue weighted by Crippen LogP contribution is 2.26. The molecule has 0 aliphatic heterocycles. The number of aryl methyl sites for hydroxylation is 2. The van der Waals surface area contributed by atoms with Crippen LogP contribution in [-0.4, -0.2) is 31.6 Å². The summed E-state index contributed by atoms with van der Waals surface area (Å²) >= 11 is 1.90. The molecule has 2 unspecified atom stereocenters. The predicted octanol–water partition coefficient (Wildman–Crippen LogP) is 3.99. The third-order valence-electron chi connectivity index (χ3n) is 3.68. The Kier molecular flexibility index (Phi) is 6.51. The summed E-state index contributed by atoms with van der Waals surface area (Å²) < 4.78 is 0. The van der Waals surface area contributed by atoms with Crippen LogP contribution in [0.3, 0.4) is 0 Å². The molecule has 0 aromatic carbocycles. The van der Waals surface area contributed by atoms with E-state index in [-0.39, 0.29) is 0 Å². The zero-order valence-corrected chi connectivity index (χ0v) is 14.4. The third-order valence-corrected chi connectivity index (χ3v) is 4.66. The number of hydrogen-bond acceptors (Lipinski definition) is 3. The summed E-state index contributed by atoms with van der Waals surface area (Å²) in [6.07, 6.45) is 1.24. The van der Waals surface area contributed by atoms with E-state index in [0.717, 1.165) is 12.5 Å². The molecule has 110 valence electrons. The van der Waals surface area contributed by atoms with Crippen molar-refractivity contribution in [3.63, 3.8) is 0 Å². The smallest absolute Gasteiger partial charge is 0.0303 e. The quantitative estimate of drug-likeness (QED) is 0.813. The van der Waals surface area contributed by atoms with Gasteiger partial charge in [0.2, 0.25) is 0 Å². The molecule has 0 saturated carbocycles.